The van der Waals surface area contributed by atoms with Crippen LogP contribution in [0.4, 0.5) is 21.0 Å². The Kier molecular flexibility index (Phi) is 6.82. The summed E-state index contributed by atoms with van der Waals surface area (Å²) >= 11 is 0. The first-order valence-corrected chi connectivity index (χ1v) is 8.92. The quantitative estimate of drug-likeness (QED) is 0.714. The van der Waals surface area contributed by atoms with Crippen LogP contribution in [0.25, 0.3) is 0 Å². The monoisotopic (exact) mass is 369 g/mol. The molecular weight excluding hydrogens is 342 g/mol. The van der Waals surface area contributed by atoms with E-state index in [0.717, 1.165) is 6.42 Å². The first kappa shape index (κ1) is 20.3. The van der Waals surface area contributed by atoms with E-state index in [9.17, 15) is 9.59 Å². The molecule has 27 heavy (non-hydrogen) atoms. The summed E-state index contributed by atoms with van der Waals surface area (Å²) in [4.78, 5) is 23.7. The number of anilines is 2. The Morgan fingerprint density at radius 1 is 0.963 bits per heavy atom. The highest BCUT2D eigenvalue weighted by molar-refractivity contribution is 5.90. The Balaban J connectivity index is 1.76. The molecule has 0 radical (unpaired) electrons. The number of benzene rings is 2. The van der Waals surface area contributed by atoms with E-state index < -0.39 is 11.7 Å². The number of ether oxygens (including phenoxy) is 1. The van der Waals surface area contributed by atoms with Crippen LogP contribution < -0.4 is 16.0 Å². The number of nitrogens with one attached hydrogen (secondary N) is 3. The Hall–Kier alpha value is -3.02. The second kappa shape index (κ2) is 9.07. The third kappa shape index (κ3) is 7.81. The fraction of sp³-hybridized carbons (Fsp3) is 0.333. The fourth-order valence-corrected chi connectivity index (χ4v) is 2.42. The molecule has 2 aromatic rings. The van der Waals surface area contributed by atoms with Crippen molar-refractivity contribution in [2.75, 3.05) is 17.2 Å². The Morgan fingerprint density at radius 2 is 1.59 bits per heavy atom. The van der Waals surface area contributed by atoms with E-state index >= 15 is 0 Å². The summed E-state index contributed by atoms with van der Waals surface area (Å²) in [6.45, 7) is 8.00. The maximum atomic E-state index is 12.0. The van der Waals surface area contributed by atoms with Gasteiger partial charge in [-0.3, -0.25) is 5.32 Å². The number of hydrogen-bond donors (Lipinski definition) is 3. The molecule has 144 valence electrons. The summed E-state index contributed by atoms with van der Waals surface area (Å²) in [5, 5.41) is 8.24. The maximum Gasteiger partial charge on any atom is 0.412 e. The van der Waals surface area contributed by atoms with Crippen molar-refractivity contribution in [1.82, 2.24) is 5.32 Å². The fourth-order valence-electron chi connectivity index (χ4n) is 2.42. The minimum Gasteiger partial charge on any atom is -0.444 e. The highest BCUT2D eigenvalue weighted by Crippen LogP contribution is 2.15. The number of hydrogen-bond acceptors (Lipinski definition) is 3. The van der Waals surface area contributed by atoms with Crippen molar-refractivity contribution in [1.29, 1.82) is 0 Å². The van der Waals surface area contributed by atoms with Crippen LogP contribution in [-0.4, -0.2) is 24.3 Å². The van der Waals surface area contributed by atoms with Gasteiger partial charge in [0.1, 0.15) is 5.60 Å². The molecule has 3 N–H and O–H groups in total. The molecule has 0 aliphatic carbocycles. The van der Waals surface area contributed by atoms with Crippen molar-refractivity contribution in [3.05, 3.63) is 59.7 Å². The zero-order valence-corrected chi connectivity index (χ0v) is 16.3. The van der Waals surface area contributed by atoms with Gasteiger partial charge in [-0.15, -0.1) is 0 Å². The molecule has 0 saturated heterocycles. The Labute approximate surface area is 160 Å². The Morgan fingerprint density at radius 3 is 2.19 bits per heavy atom. The largest absolute Gasteiger partial charge is 0.444 e. The van der Waals surface area contributed by atoms with Gasteiger partial charge in [0.15, 0.2) is 0 Å². The van der Waals surface area contributed by atoms with Crippen LogP contribution in [0.3, 0.4) is 0 Å². The van der Waals surface area contributed by atoms with Crippen LogP contribution in [-0.2, 0) is 11.2 Å². The maximum absolute atomic E-state index is 12.0. The minimum atomic E-state index is -0.553. The van der Waals surface area contributed by atoms with E-state index in [4.69, 9.17) is 4.74 Å². The van der Waals surface area contributed by atoms with Crippen molar-refractivity contribution in [2.45, 2.75) is 39.7 Å². The molecule has 0 aliphatic heterocycles. The first-order chi connectivity index (χ1) is 12.7. The molecule has 0 spiro atoms. The highest BCUT2D eigenvalue weighted by Gasteiger charge is 2.16. The second-order valence-corrected chi connectivity index (χ2v) is 7.32. The van der Waals surface area contributed by atoms with E-state index in [0.29, 0.717) is 17.9 Å². The third-order valence-electron chi connectivity index (χ3n) is 3.57. The standard InChI is InChI=1S/C21H27N3O3/c1-15-6-5-7-16(14-15)12-13-22-19(25)23-17-8-10-18(11-9-17)24-20(26)27-21(2,3)4/h5-11,14H,12-13H2,1-4H3,(H,24,26)(H2,22,23,25). The second-order valence-electron chi connectivity index (χ2n) is 7.32. The highest BCUT2D eigenvalue weighted by atomic mass is 16.6. The van der Waals surface area contributed by atoms with Crippen molar-refractivity contribution in [2.24, 2.45) is 0 Å². The third-order valence-corrected chi connectivity index (χ3v) is 3.57. The zero-order valence-electron chi connectivity index (χ0n) is 16.3. The van der Waals surface area contributed by atoms with Gasteiger partial charge >= 0.3 is 12.1 Å². The molecule has 0 fully saturated rings. The van der Waals surface area contributed by atoms with E-state index in [1.165, 1.54) is 11.1 Å². The molecule has 6 nitrogen and oxygen atoms in total. The van der Waals surface area contributed by atoms with E-state index in [1.54, 1.807) is 45.0 Å². The van der Waals surface area contributed by atoms with Crippen LogP contribution in [0.5, 0.6) is 0 Å². The molecule has 0 unspecified atom stereocenters. The van der Waals surface area contributed by atoms with Crippen molar-refractivity contribution in [3.8, 4) is 0 Å². The molecule has 2 rings (SSSR count). The molecule has 0 aromatic heterocycles. The van der Waals surface area contributed by atoms with Gasteiger partial charge in [-0.25, -0.2) is 9.59 Å². The molecule has 0 bridgehead atoms. The van der Waals surface area contributed by atoms with Crippen LogP contribution in [0.15, 0.2) is 48.5 Å². The van der Waals surface area contributed by atoms with Crippen molar-refractivity contribution in [3.63, 3.8) is 0 Å². The van der Waals surface area contributed by atoms with Gasteiger partial charge in [-0.1, -0.05) is 29.8 Å². The first-order valence-electron chi connectivity index (χ1n) is 8.92. The lowest BCUT2D eigenvalue weighted by atomic mass is 10.1. The number of carbonyl (C=O) groups is 2. The molecule has 0 atom stereocenters. The summed E-state index contributed by atoms with van der Waals surface area (Å²) in [5.74, 6) is 0. The summed E-state index contributed by atoms with van der Waals surface area (Å²) < 4.78 is 5.19. The molecule has 0 aliphatic rings. The van der Waals surface area contributed by atoms with Crippen molar-refractivity contribution < 1.29 is 14.3 Å². The molecule has 0 saturated carbocycles. The summed E-state index contributed by atoms with van der Waals surface area (Å²) in [5.41, 5.74) is 3.07. The van der Waals surface area contributed by atoms with Gasteiger partial charge in [0, 0.05) is 17.9 Å². The molecule has 0 heterocycles. The predicted octanol–water partition coefficient (Wildman–Crippen LogP) is 4.71. The molecule has 3 amide bonds. The van der Waals surface area contributed by atoms with E-state index in [-0.39, 0.29) is 6.03 Å². The number of urea groups is 1. The van der Waals surface area contributed by atoms with Crippen molar-refractivity contribution >= 4 is 23.5 Å². The Bertz CT molecular complexity index is 780. The zero-order chi connectivity index (χ0) is 19.9. The SMILES string of the molecule is Cc1cccc(CCNC(=O)Nc2ccc(NC(=O)OC(C)(C)C)cc2)c1. The number of carbonyl (C=O) groups excluding carboxylic acids is 2. The minimum absolute atomic E-state index is 0.268. The van der Waals surface area contributed by atoms with Crippen LogP contribution >= 0.6 is 0 Å². The van der Waals surface area contributed by atoms with Crippen LogP contribution in [0.1, 0.15) is 31.9 Å². The van der Waals surface area contributed by atoms with Crippen LogP contribution in [0, 0.1) is 6.92 Å². The lowest BCUT2D eigenvalue weighted by Crippen LogP contribution is -2.30. The van der Waals surface area contributed by atoms with Gasteiger partial charge in [-0.05, 0) is 63.9 Å². The van der Waals surface area contributed by atoms with E-state index in [1.807, 2.05) is 25.1 Å². The number of rotatable bonds is 5. The van der Waals surface area contributed by atoms with E-state index in [2.05, 4.69) is 22.0 Å². The van der Waals surface area contributed by atoms with Crippen LogP contribution in [0.2, 0.25) is 0 Å². The number of aryl methyl sites for hydroxylation is 1. The van der Waals surface area contributed by atoms with Gasteiger partial charge in [0.05, 0.1) is 0 Å². The normalized spacial score (nSPS) is 10.8. The molecular formula is C21H27N3O3. The molecule has 2 aromatic carbocycles. The topological polar surface area (TPSA) is 79.5 Å². The summed E-state index contributed by atoms with van der Waals surface area (Å²) in [7, 11) is 0. The van der Waals surface area contributed by atoms with Gasteiger partial charge in [0.2, 0.25) is 0 Å². The van der Waals surface area contributed by atoms with Gasteiger partial charge < -0.3 is 15.4 Å². The average molecular weight is 369 g/mol. The summed E-state index contributed by atoms with van der Waals surface area (Å²) in [6, 6.07) is 14.8. The lowest BCUT2D eigenvalue weighted by molar-refractivity contribution is 0.0636. The van der Waals surface area contributed by atoms with Gasteiger partial charge in [-0.2, -0.15) is 0 Å². The predicted molar refractivity (Wildman–Crippen MR) is 108 cm³/mol. The number of amides is 3. The summed E-state index contributed by atoms with van der Waals surface area (Å²) in [6.07, 6.45) is 0.255. The average Bonchev–Trinajstić information content (AvgIpc) is 2.55. The molecule has 6 heteroatoms. The lowest BCUT2D eigenvalue weighted by Gasteiger charge is -2.19. The van der Waals surface area contributed by atoms with Gasteiger partial charge in [0.25, 0.3) is 0 Å². The smallest absolute Gasteiger partial charge is 0.412 e.